The summed E-state index contributed by atoms with van der Waals surface area (Å²) in [7, 11) is -2.18. The number of benzene rings is 1. The normalized spacial score (nSPS) is 13.0. The molecule has 2 N–H and O–H groups in total. The number of hydrogen-bond acceptors (Lipinski definition) is 3. The first-order valence-electron chi connectivity index (χ1n) is 6.51. The molecule has 0 aliphatic rings. The average molecular weight is 302 g/mol. The number of anilines is 1. The molecule has 0 bridgehead atoms. The van der Waals surface area contributed by atoms with Crippen LogP contribution in [0.15, 0.2) is 11.0 Å². The van der Waals surface area contributed by atoms with E-state index in [9.17, 15) is 12.8 Å². The Bertz CT molecular complexity index is 625. The Kier molecular flexibility index (Phi) is 4.51. The van der Waals surface area contributed by atoms with Gasteiger partial charge in [-0.3, -0.25) is 0 Å². The van der Waals surface area contributed by atoms with Crippen LogP contribution in [0.1, 0.15) is 38.3 Å². The van der Waals surface area contributed by atoms with Gasteiger partial charge in [-0.1, -0.05) is 6.92 Å². The molecule has 20 heavy (non-hydrogen) atoms. The van der Waals surface area contributed by atoms with Crippen LogP contribution in [0.2, 0.25) is 0 Å². The lowest BCUT2D eigenvalue weighted by Crippen LogP contribution is -2.44. The molecule has 0 atom stereocenters. The highest BCUT2D eigenvalue weighted by atomic mass is 32.2. The number of halogens is 1. The minimum absolute atomic E-state index is 0.0976. The number of sulfonamides is 1. The van der Waals surface area contributed by atoms with Gasteiger partial charge in [-0.25, -0.2) is 12.8 Å². The minimum atomic E-state index is -3.72. The van der Waals surface area contributed by atoms with E-state index in [-0.39, 0.29) is 16.1 Å². The maximum atomic E-state index is 13.6. The van der Waals surface area contributed by atoms with Crippen LogP contribution in [-0.2, 0) is 10.0 Å². The van der Waals surface area contributed by atoms with Crippen LogP contribution in [0, 0.1) is 19.7 Å². The number of aryl methyl sites for hydroxylation is 1. The van der Waals surface area contributed by atoms with Crippen LogP contribution in [-0.4, -0.2) is 25.3 Å². The summed E-state index contributed by atoms with van der Waals surface area (Å²) < 4.78 is 40.5. The Balaban J connectivity index is 3.57. The number of nitrogen functional groups attached to an aromatic ring is 1. The molecular weight excluding hydrogens is 279 g/mol. The molecule has 0 radical (unpaired) electrons. The van der Waals surface area contributed by atoms with Crippen molar-refractivity contribution in [2.24, 2.45) is 0 Å². The van der Waals surface area contributed by atoms with Crippen molar-refractivity contribution in [1.29, 1.82) is 0 Å². The molecule has 0 aliphatic heterocycles. The third-order valence-corrected chi connectivity index (χ3v) is 6.40. The Morgan fingerprint density at radius 3 is 2.30 bits per heavy atom. The predicted molar refractivity (Wildman–Crippen MR) is 79.6 cm³/mol. The van der Waals surface area contributed by atoms with Gasteiger partial charge in [0.1, 0.15) is 5.82 Å². The molecule has 0 amide bonds. The Morgan fingerprint density at radius 2 is 1.85 bits per heavy atom. The summed E-state index contributed by atoms with van der Waals surface area (Å²) in [5.74, 6) is -0.587. The maximum absolute atomic E-state index is 13.6. The topological polar surface area (TPSA) is 63.4 Å². The van der Waals surface area contributed by atoms with Crippen molar-refractivity contribution in [2.45, 2.75) is 51.5 Å². The predicted octanol–water partition coefficient (Wildman–Crippen LogP) is 2.83. The highest BCUT2D eigenvalue weighted by molar-refractivity contribution is 7.89. The van der Waals surface area contributed by atoms with Crippen molar-refractivity contribution in [1.82, 2.24) is 4.31 Å². The van der Waals surface area contributed by atoms with Crippen molar-refractivity contribution in [3.8, 4) is 0 Å². The van der Waals surface area contributed by atoms with Crippen molar-refractivity contribution < 1.29 is 12.8 Å². The van der Waals surface area contributed by atoms with Gasteiger partial charge in [-0.05, 0) is 51.3 Å². The molecule has 0 spiro atoms. The number of rotatable bonds is 4. The first kappa shape index (κ1) is 16.9. The van der Waals surface area contributed by atoms with E-state index in [1.165, 1.54) is 24.3 Å². The van der Waals surface area contributed by atoms with Gasteiger partial charge < -0.3 is 5.73 Å². The van der Waals surface area contributed by atoms with Crippen LogP contribution >= 0.6 is 0 Å². The molecule has 1 aromatic rings. The summed E-state index contributed by atoms with van der Waals surface area (Å²) in [5.41, 5.74) is 5.62. The van der Waals surface area contributed by atoms with Gasteiger partial charge in [-0.2, -0.15) is 4.31 Å². The lowest BCUT2D eigenvalue weighted by Gasteiger charge is -2.34. The zero-order chi connectivity index (χ0) is 15.9. The van der Waals surface area contributed by atoms with E-state index in [2.05, 4.69) is 0 Å². The number of hydrogen-bond donors (Lipinski definition) is 1. The van der Waals surface area contributed by atoms with Crippen molar-refractivity contribution in [3.05, 3.63) is 23.0 Å². The molecule has 0 aromatic heterocycles. The average Bonchev–Trinajstić information content (AvgIpc) is 2.34. The summed E-state index contributed by atoms with van der Waals surface area (Å²) in [4.78, 5) is 0.0976. The smallest absolute Gasteiger partial charge is 0.243 e. The van der Waals surface area contributed by atoms with Gasteiger partial charge in [0.25, 0.3) is 0 Å². The molecule has 0 fully saturated rings. The minimum Gasteiger partial charge on any atom is -0.396 e. The number of nitrogens with two attached hydrogens (primary N) is 1. The Labute approximate surface area is 120 Å². The second kappa shape index (κ2) is 5.33. The van der Waals surface area contributed by atoms with Crippen LogP contribution in [0.4, 0.5) is 10.1 Å². The third-order valence-electron chi connectivity index (χ3n) is 4.04. The van der Waals surface area contributed by atoms with E-state index < -0.39 is 21.4 Å². The summed E-state index contributed by atoms with van der Waals surface area (Å²) >= 11 is 0. The van der Waals surface area contributed by atoms with Crippen LogP contribution < -0.4 is 5.73 Å². The molecular formula is C14H23FN2O2S. The van der Waals surface area contributed by atoms with E-state index in [4.69, 9.17) is 5.73 Å². The second-order valence-electron chi connectivity index (χ2n) is 5.68. The standard InChI is InChI=1S/C14H23FN2O2S/c1-7-14(4,5)17(6)20(18,19)13-9(2)8-11(15)12(16)10(13)3/h8H,7,16H2,1-6H3. The summed E-state index contributed by atoms with van der Waals surface area (Å²) in [6.45, 7) is 8.73. The second-order valence-corrected chi connectivity index (χ2v) is 7.59. The fourth-order valence-corrected chi connectivity index (χ4v) is 4.03. The van der Waals surface area contributed by atoms with E-state index in [1.807, 2.05) is 20.8 Å². The van der Waals surface area contributed by atoms with Crippen LogP contribution in [0.25, 0.3) is 0 Å². The highest BCUT2D eigenvalue weighted by Crippen LogP contribution is 2.32. The van der Waals surface area contributed by atoms with E-state index in [1.54, 1.807) is 6.92 Å². The Morgan fingerprint density at radius 1 is 1.35 bits per heavy atom. The molecule has 1 aromatic carbocycles. The molecule has 0 aliphatic carbocycles. The SMILES string of the molecule is CCC(C)(C)N(C)S(=O)(=O)c1c(C)cc(F)c(N)c1C. The van der Waals surface area contributed by atoms with Gasteiger partial charge in [0.15, 0.2) is 0 Å². The van der Waals surface area contributed by atoms with E-state index >= 15 is 0 Å². The molecule has 0 saturated heterocycles. The first-order valence-corrected chi connectivity index (χ1v) is 7.95. The quantitative estimate of drug-likeness (QED) is 0.870. The monoisotopic (exact) mass is 302 g/mol. The highest BCUT2D eigenvalue weighted by Gasteiger charge is 2.35. The summed E-state index contributed by atoms with van der Waals surface area (Å²) in [6, 6.07) is 1.17. The van der Waals surface area contributed by atoms with Gasteiger partial charge in [0.05, 0.1) is 10.6 Å². The molecule has 0 unspecified atom stereocenters. The van der Waals surface area contributed by atoms with Gasteiger partial charge in [0.2, 0.25) is 10.0 Å². The van der Waals surface area contributed by atoms with Crippen molar-refractivity contribution in [3.63, 3.8) is 0 Å². The van der Waals surface area contributed by atoms with Crippen LogP contribution in [0.3, 0.4) is 0 Å². The lowest BCUT2D eigenvalue weighted by atomic mass is 10.0. The molecule has 0 heterocycles. The molecule has 1 rings (SSSR count). The molecule has 6 heteroatoms. The van der Waals surface area contributed by atoms with Gasteiger partial charge in [-0.15, -0.1) is 0 Å². The van der Waals surface area contributed by atoms with Crippen molar-refractivity contribution >= 4 is 15.7 Å². The fourth-order valence-electron chi connectivity index (χ4n) is 2.01. The largest absolute Gasteiger partial charge is 0.396 e. The zero-order valence-corrected chi connectivity index (χ0v) is 13.7. The van der Waals surface area contributed by atoms with E-state index in [0.717, 1.165) is 0 Å². The molecule has 0 saturated carbocycles. The van der Waals surface area contributed by atoms with Gasteiger partial charge in [0, 0.05) is 12.6 Å². The Hall–Kier alpha value is -1.14. The third kappa shape index (κ3) is 2.67. The van der Waals surface area contributed by atoms with Gasteiger partial charge >= 0.3 is 0 Å². The fraction of sp³-hybridized carbons (Fsp3) is 0.571. The molecule has 114 valence electrons. The maximum Gasteiger partial charge on any atom is 0.243 e. The zero-order valence-electron chi connectivity index (χ0n) is 12.9. The summed E-state index contributed by atoms with van der Waals surface area (Å²) in [6.07, 6.45) is 0.664. The number of nitrogens with zero attached hydrogens (tertiary/aromatic N) is 1. The van der Waals surface area contributed by atoms with Crippen LogP contribution in [0.5, 0.6) is 0 Å². The lowest BCUT2D eigenvalue weighted by molar-refractivity contribution is 0.257. The summed E-state index contributed by atoms with van der Waals surface area (Å²) in [5, 5.41) is 0. The van der Waals surface area contributed by atoms with E-state index in [0.29, 0.717) is 12.0 Å². The van der Waals surface area contributed by atoms with Crippen molar-refractivity contribution in [2.75, 3.05) is 12.8 Å². The first-order chi connectivity index (χ1) is 8.96. The molecule has 4 nitrogen and oxygen atoms in total.